The summed E-state index contributed by atoms with van der Waals surface area (Å²) in [6.45, 7) is 0.0336. The van der Waals surface area contributed by atoms with Gasteiger partial charge in [-0.3, -0.25) is 4.79 Å². The zero-order valence-electron chi connectivity index (χ0n) is 10.1. The molecule has 0 saturated carbocycles. The molecule has 2 aromatic carbocycles. The zero-order valence-corrected chi connectivity index (χ0v) is 10.9. The molecular formula is C15H12ClNO2. The van der Waals surface area contributed by atoms with Crippen LogP contribution in [-0.4, -0.2) is 12.5 Å². The predicted molar refractivity (Wildman–Crippen MR) is 74.3 cm³/mol. The second-order valence-electron chi connectivity index (χ2n) is 4.38. The van der Waals surface area contributed by atoms with Gasteiger partial charge >= 0.3 is 0 Å². The summed E-state index contributed by atoms with van der Waals surface area (Å²) in [5, 5.41) is 3.45. The van der Waals surface area contributed by atoms with E-state index in [4.69, 9.17) is 16.3 Å². The first-order valence-electron chi connectivity index (χ1n) is 6.00. The van der Waals surface area contributed by atoms with E-state index < -0.39 is 0 Å². The van der Waals surface area contributed by atoms with Crippen molar-refractivity contribution in [3.63, 3.8) is 0 Å². The highest BCUT2D eigenvalue weighted by Gasteiger charge is 2.24. The molecule has 1 aliphatic rings. The number of hydrogen-bond acceptors (Lipinski definition) is 2. The van der Waals surface area contributed by atoms with E-state index in [1.165, 1.54) is 0 Å². The molecule has 1 atom stereocenters. The molecule has 1 amide bonds. The van der Waals surface area contributed by atoms with Crippen LogP contribution in [0.25, 0.3) is 0 Å². The van der Waals surface area contributed by atoms with Crippen LogP contribution < -0.4 is 5.32 Å². The van der Waals surface area contributed by atoms with Crippen LogP contribution in [0.5, 0.6) is 0 Å². The van der Waals surface area contributed by atoms with Gasteiger partial charge in [-0.15, -0.1) is 0 Å². The topological polar surface area (TPSA) is 38.3 Å². The molecule has 0 radical (unpaired) electrons. The zero-order chi connectivity index (χ0) is 13.2. The summed E-state index contributed by atoms with van der Waals surface area (Å²) in [7, 11) is 0. The average molecular weight is 274 g/mol. The Hall–Kier alpha value is -1.84. The third kappa shape index (κ3) is 2.48. The highest BCUT2D eigenvalue weighted by atomic mass is 35.5. The molecule has 0 bridgehead atoms. The SMILES string of the molecule is O=C1CO[C@H](c2ccccc2)c2cc(Cl)ccc2N1. The van der Waals surface area contributed by atoms with Crippen molar-refractivity contribution >= 4 is 23.2 Å². The number of carbonyl (C=O) groups excluding carboxylic acids is 1. The van der Waals surface area contributed by atoms with E-state index in [-0.39, 0.29) is 18.6 Å². The molecule has 0 fully saturated rings. The lowest BCUT2D eigenvalue weighted by Gasteiger charge is -2.17. The number of halogens is 1. The number of anilines is 1. The van der Waals surface area contributed by atoms with Gasteiger partial charge in [-0.25, -0.2) is 0 Å². The Kier molecular flexibility index (Phi) is 3.23. The van der Waals surface area contributed by atoms with Gasteiger partial charge in [-0.1, -0.05) is 41.9 Å². The van der Waals surface area contributed by atoms with E-state index in [0.29, 0.717) is 5.02 Å². The Balaban J connectivity index is 2.11. The number of nitrogens with one attached hydrogen (secondary N) is 1. The fraction of sp³-hybridized carbons (Fsp3) is 0.133. The summed E-state index contributed by atoms with van der Waals surface area (Å²) in [5.74, 6) is -0.151. The third-order valence-electron chi connectivity index (χ3n) is 3.05. The molecule has 3 nitrogen and oxygen atoms in total. The largest absolute Gasteiger partial charge is 0.359 e. The predicted octanol–water partition coefficient (Wildman–Crippen LogP) is 3.40. The molecule has 19 heavy (non-hydrogen) atoms. The molecule has 96 valence electrons. The van der Waals surface area contributed by atoms with Crippen molar-refractivity contribution in [3.8, 4) is 0 Å². The number of hydrogen-bond donors (Lipinski definition) is 1. The summed E-state index contributed by atoms with van der Waals surface area (Å²) in [6, 6.07) is 15.2. The lowest BCUT2D eigenvalue weighted by atomic mass is 10.00. The van der Waals surface area contributed by atoms with Gasteiger partial charge in [0.1, 0.15) is 12.7 Å². The molecule has 0 spiro atoms. The smallest absolute Gasteiger partial charge is 0.250 e. The van der Waals surface area contributed by atoms with Crippen molar-refractivity contribution in [3.05, 3.63) is 64.7 Å². The van der Waals surface area contributed by atoms with E-state index in [0.717, 1.165) is 16.8 Å². The molecule has 1 aliphatic heterocycles. The Labute approximate surface area is 116 Å². The van der Waals surface area contributed by atoms with Crippen LogP contribution in [0.15, 0.2) is 48.5 Å². The molecule has 0 aromatic heterocycles. The van der Waals surface area contributed by atoms with Gasteiger partial charge in [0.2, 0.25) is 5.91 Å². The van der Waals surface area contributed by atoms with Crippen molar-refractivity contribution in [2.75, 3.05) is 11.9 Å². The van der Waals surface area contributed by atoms with Gasteiger partial charge in [-0.2, -0.15) is 0 Å². The van der Waals surface area contributed by atoms with Gasteiger partial charge < -0.3 is 10.1 Å². The summed E-state index contributed by atoms with van der Waals surface area (Å²) >= 11 is 6.05. The first-order chi connectivity index (χ1) is 9.24. The summed E-state index contributed by atoms with van der Waals surface area (Å²) in [5.41, 5.74) is 2.63. The van der Waals surface area contributed by atoms with Gasteiger partial charge in [0, 0.05) is 16.3 Å². The molecule has 4 heteroatoms. The maximum atomic E-state index is 11.6. The highest BCUT2D eigenvalue weighted by Crippen LogP contribution is 2.35. The number of amides is 1. The highest BCUT2D eigenvalue weighted by molar-refractivity contribution is 6.30. The monoisotopic (exact) mass is 273 g/mol. The minimum atomic E-state index is -0.283. The van der Waals surface area contributed by atoms with Crippen molar-refractivity contribution in [1.82, 2.24) is 0 Å². The third-order valence-corrected chi connectivity index (χ3v) is 3.29. The molecule has 1 N–H and O–H groups in total. The van der Waals surface area contributed by atoms with Crippen LogP contribution in [0, 0.1) is 0 Å². The van der Waals surface area contributed by atoms with Crippen LogP contribution >= 0.6 is 11.6 Å². The second kappa shape index (κ2) is 5.03. The normalized spacial score (nSPS) is 18.4. The quantitative estimate of drug-likeness (QED) is 0.865. The molecule has 0 saturated heterocycles. The van der Waals surface area contributed by atoms with E-state index in [2.05, 4.69) is 5.32 Å². The second-order valence-corrected chi connectivity index (χ2v) is 4.82. The lowest BCUT2D eigenvalue weighted by Crippen LogP contribution is -2.15. The molecule has 0 unspecified atom stereocenters. The number of ether oxygens (including phenoxy) is 1. The van der Waals surface area contributed by atoms with Gasteiger partial charge in [0.15, 0.2) is 0 Å². The molecule has 0 aliphatic carbocycles. The standard InChI is InChI=1S/C15H12ClNO2/c16-11-6-7-13-12(8-11)15(19-9-14(18)17-13)10-4-2-1-3-5-10/h1-8,15H,9H2,(H,17,18)/t15-/m1/s1. The van der Waals surface area contributed by atoms with Crippen molar-refractivity contribution in [1.29, 1.82) is 0 Å². The van der Waals surface area contributed by atoms with E-state index in [1.54, 1.807) is 12.1 Å². The maximum Gasteiger partial charge on any atom is 0.250 e. The number of rotatable bonds is 1. The Morgan fingerprint density at radius 3 is 2.74 bits per heavy atom. The number of fused-ring (bicyclic) bond motifs is 1. The van der Waals surface area contributed by atoms with Crippen LogP contribution in [0.3, 0.4) is 0 Å². The lowest BCUT2D eigenvalue weighted by molar-refractivity contribution is -0.121. The maximum absolute atomic E-state index is 11.6. The van der Waals surface area contributed by atoms with Gasteiger partial charge in [0.05, 0.1) is 0 Å². The summed E-state index contributed by atoms with van der Waals surface area (Å²) in [6.07, 6.45) is -0.283. The molecule has 2 aromatic rings. The van der Waals surface area contributed by atoms with Crippen molar-refractivity contribution in [2.24, 2.45) is 0 Å². The first-order valence-corrected chi connectivity index (χ1v) is 6.38. The molecule has 1 heterocycles. The van der Waals surface area contributed by atoms with Crippen LogP contribution in [-0.2, 0) is 9.53 Å². The van der Waals surface area contributed by atoms with E-state index in [1.807, 2.05) is 36.4 Å². The van der Waals surface area contributed by atoms with Crippen molar-refractivity contribution < 1.29 is 9.53 Å². The van der Waals surface area contributed by atoms with Gasteiger partial charge in [0.25, 0.3) is 0 Å². The first kappa shape index (κ1) is 12.2. The van der Waals surface area contributed by atoms with Gasteiger partial charge in [-0.05, 0) is 23.8 Å². The van der Waals surface area contributed by atoms with Crippen LogP contribution in [0.1, 0.15) is 17.2 Å². The summed E-state index contributed by atoms with van der Waals surface area (Å²) < 4.78 is 5.71. The minimum absolute atomic E-state index is 0.0336. The van der Waals surface area contributed by atoms with E-state index >= 15 is 0 Å². The van der Waals surface area contributed by atoms with Crippen molar-refractivity contribution in [2.45, 2.75) is 6.10 Å². The van der Waals surface area contributed by atoms with Crippen LogP contribution in [0.2, 0.25) is 5.02 Å². The van der Waals surface area contributed by atoms with E-state index in [9.17, 15) is 4.79 Å². The minimum Gasteiger partial charge on any atom is -0.359 e. The summed E-state index contributed by atoms with van der Waals surface area (Å²) in [4.78, 5) is 11.6. The Morgan fingerprint density at radius 2 is 1.95 bits per heavy atom. The number of carbonyl (C=O) groups is 1. The fourth-order valence-corrected chi connectivity index (χ4v) is 2.38. The number of benzene rings is 2. The van der Waals surface area contributed by atoms with Crippen LogP contribution in [0.4, 0.5) is 5.69 Å². The molecule has 3 rings (SSSR count). The Bertz CT molecular complexity index is 613. The average Bonchev–Trinajstić information content (AvgIpc) is 2.58. The molecular weight excluding hydrogens is 262 g/mol. The fourth-order valence-electron chi connectivity index (χ4n) is 2.20. The Morgan fingerprint density at radius 1 is 1.16 bits per heavy atom.